The second-order valence-corrected chi connectivity index (χ2v) is 7.15. The third-order valence-electron chi connectivity index (χ3n) is 3.48. The molecule has 4 N–H and O–H groups in total. The van der Waals surface area contributed by atoms with Crippen molar-refractivity contribution in [3.8, 4) is 0 Å². The molecule has 1 aromatic carbocycles. The van der Waals surface area contributed by atoms with E-state index in [1.165, 1.54) is 17.5 Å². The molecule has 7 nitrogen and oxygen atoms in total. The molecule has 0 aliphatic rings. The van der Waals surface area contributed by atoms with Gasteiger partial charge in [-0.1, -0.05) is 18.2 Å². The quantitative estimate of drug-likeness (QED) is 0.625. The second kappa shape index (κ2) is 7.46. The van der Waals surface area contributed by atoms with E-state index in [4.69, 9.17) is 5.73 Å². The van der Waals surface area contributed by atoms with Gasteiger partial charge in [0, 0.05) is 17.3 Å². The molecule has 0 spiro atoms. The molecule has 0 saturated carbocycles. The highest BCUT2D eigenvalue weighted by Crippen LogP contribution is 2.33. The molecular formula is C17H14N4O3S2. The molecular weight excluding hydrogens is 372 g/mol. The third-order valence-corrected chi connectivity index (χ3v) is 5.46. The van der Waals surface area contributed by atoms with Gasteiger partial charge in [0.15, 0.2) is 5.01 Å². The molecule has 0 fully saturated rings. The van der Waals surface area contributed by atoms with Crippen molar-refractivity contribution in [2.45, 2.75) is 6.92 Å². The molecule has 26 heavy (non-hydrogen) atoms. The zero-order valence-corrected chi connectivity index (χ0v) is 15.2. The maximum absolute atomic E-state index is 12.6. The number of para-hydroxylation sites is 1. The molecule has 0 saturated heterocycles. The maximum atomic E-state index is 12.6. The van der Waals surface area contributed by atoms with Crippen LogP contribution in [0, 0.1) is 6.92 Å². The fourth-order valence-corrected chi connectivity index (χ4v) is 3.95. The van der Waals surface area contributed by atoms with E-state index in [2.05, 4.69) is 15.6 Å². The largest absolute Gasteiger partial charge is 0.365 e. The predicted molar refractivity (Wildman–Crippen MR) is 102 cm³/mol. The number of hydrogen-bond acceptors (Lipinski definition) is 6. The number of rotatable bonds is 5. The summed E-state index contributed by atoms with van der Waals surface area (Å²) in [5.41, 5.74) is 6.62. The van der Waals surface area contributed by atoms with E-state index in [0.29, 0.717) is 16.1 Å². The molecule has 0 atom stereocenters. The van der Waals surface area contributed by atoms with E-state index in [1.807, 2.05) is 6.07 Å². The lowest BCUT2D eigenvalue weighted by Crippen LogP contribution is -2.17. The van der Waals surface area contributed by atoms with Crippen molar-refractivity contribution in [3.05, 3.63) is 62.9 Å². The predicted octanol–water partition coefficient (Wildman–Crippen LogP) is 3.12. The first-order valence-electron chi connectivity index (χ1n) is 7.47. The summed E-state index contributed by atoms with van der Waals surface area (Å²) in [7, 11) is 0. The minimum absolute atomic E-state index is 0.123. The molecule has 0 radical (unpaired) electrons. The molecule has 0 bridgehead atoms. The Morgan fingerprint density at radius 1 is 1.08 bits per heavy atom. The summed E-state index contributed by atoms with van der Waals surface area (Å²) in [6.07, 6.45) is 1.51. The first-order valence-corrected chi connectivity index (χ1v) is 9.17. The SMILES string of the molecule is Cc1c(C(=O)Nc2ccccc2)sc(NC(=O)c2nccs2)c1C(N)=O. The van der Waals surface area contributed by atoms with Crippen LogP contribution in [0.15, 0.2) is 41.9 Å². The lowest BCUT2D eigenvalue weighted by molar-refractivity contribution is 0.100. The lowest BCUT2D eigenvalue weighted by atomic mass is 10.1. The number of aromatic nitrogens is 1. The fraction of sp³-hybridized carbons (Fsp3) is 0.0588. The smallest absolute Gasteiger partial charge is 0.285 e. The Morgan fingerprint density at radius 3 is 2.42 bits per heavy atom. The van der Waals surface area contributed by atoms with Crippen LogP contribution in [-0.2, 0) is 0 Å². The van der Waals surface area contributed by atoms with E-state index in [9.17, 15) is 14.4 Å². The highest BCUT2D eigenvalue weighted by molar-refractivity contribution is 7.19. The average molecular weight is 386 g/mol. The maximum Gasteiger partial charge on any atom is 0.285 e. The summed E-state index contributed by atoms with van der Waals surface area (Å²) >= 11 is 2.17. The minimum atomic E-state index is -0.716. The number of thiophene rings is 1. The Balaban J connectivity index is 1.91. The molecule has 0 aliphatic heterocycles. The number of hydrogen-bond donors (Lipinski definition) is 3. The van der Waals surface area contributed by atoms with Crippen LogP contribution >= 0.6 is 22.7 Å². The Morgan fingerprint density at radius 2 is 1.81 bits per heavy atom. The molecule has 2 aromatic heterocycles. The standard InChI is InChI=1S/C17H14N4O3S2/c1-9-11(13(18)22)16(21-15(24)17-19-7-8-25-17)26-12(9)14(23)20-10-5-3-2-4-6-10/h2-8H,1H3,(H2,18,22)(H,20,23)(H,21,24). The van der Waals surface area contributed by atoms with Crippen LogP contribution in [0.25, 0.3) is 0 Å². The van der Waals surface area contributed by atoms with Crippen molar-refractivity contribution >= 4 is 51.1 Å². The molecule has 132 valence electrons. The number of nitrogens with two attached hydrogens (primary N) is 1. The van der Waals surface area contributed by atoms with Gasteiger partial charge in [-0.15, -0.1) is 22.7 Å². The second-order valence-electron chi connectivity index (χ2n) is 5.24. The zero-order chi connectivity index (χ0) is 18.7. The van der Waals surface area contributed by atoms with Crippen molar-refractivity contribution in [1.82, 2.24) is 4.98 Å². The van der Waals surface area contributed by atoms with Gasteiger partial charge in [-0.3, -0.25) is 14.4 Å². The first kappa shape index (κ1) is 17.8. The zero-order valence-electron chi connectivity index (χ0n) is 13.6. The van der Waals surface area contributed by atoms with Crippen LogP contribution in [0.5, 0.6) is 0 Å². The van der Waals surface area contributed by atoms with Crippen molar-refractivity contribution in [2.24, 2.45) is 5.73 Å². The number of nitrogens with one attached hydrogen (secondary N) is 2. The number of benzene rings is 1. The molecule has 0 unspecified atom stereocenters. The van der Waals surface area contributed by atoms with Crippen molar-refractivity contribution in [1.29, 1.82) is 0 Å². The Kier molecular flexibility index (Phi) is 5.10. The molecule has 9 heteroatoms. The number of nitrogens with zero attached hydrogens (tertiary/aromatic N) is 1. The highest BCUT2D eigenvalue weighted by atomic mass is 32.1. The molecule has 0 aliphatic carbocycles. The first-order chi connectivity index (χ1) is 12.5. The van der Waals surface area contributed by atoms with E-state index in [1.54, 1.807) is 36.6 Å². The summed E-state index contributed by atoms with van der Waals surface area (Å²) in [5.74, 6) is -1.55. The van der Waals surface area contributed by atoms with Gasteiger partial charge in [-0.25, -0.2) is 4.98 Å². The summed E-state index contributed by atoms with van der Waals surface area (Å²) in [5, 5.41) is 7.53. The van der Waals surface area contributed by atoms with Gasteiger partial charge in [-0.05, 0) is 24.6 Å². The summed E-state index contributed by atoms with van der Waals surface area (Å²) < 4.78 is 0. The van der Waals surface area contributed by atoms with E-state index >= 15 is 0 Å². The van der Waals surface area contributed by atoms with Gasteiger partial charge in [0.05, 0.1) is 10.4 Å². The fourth-order valence-electron chi connectivity index (χ4n) is 2.32. The Bertz CT molecular complexity index is 966. The van der Waals surface area contributed by atoms with Gasteiger partial charge in [-0.2, -0.15) is 0 Å². The monoisotopic (exact) mass is 386 g/mol. The summed E-state index contributed by atoms with van der Waals surface area (Å²) in [6, 6.07) is 8.93. The Labute approximate surface area is 156 Å². The molecule has 3 rings (SSSR count). The number of primary amides is 1. The van der Waals surface area contributed by atoms with Crippen molar-refractivity contribution < 1.29 is 14.4 Å². The molecule has 2 heterocycles. The van der Waals surface area contributed by atoms with Gasteiger partial charge in [0.2, 0.25) is 0 Å². The van der Waals surface area contributed by atoms with Crippen LogP contribution in [0.3, 0.4) is 0 Å². The summed E-state index contributed by atoms with van der Waals surface area (Å²) in [6.45, 7) is 1.62. The van der Waals surface area contributed by atoms with E-state index in [-0.39, 0.29) is 21.5 Å². The highest BCUT2D eigenvalue weighted by Gasteiger charge is 2.25. The van der Waals surface area contributed by atoms with Crippen LogP contribution in [-0.4, -0.2) is 22.7 Å². The normalized spacial score (nSPS) is 10.3. The van der Waals surface area contributed by atoms with Gasteiger partial charge < -0.3 is 16.4 Å². The number of amides is 3. The van der Waals surface area contributed by atoms with Crippen LogP contribution < -0.4 is 16.4 Å². The van der Waals surface area contributed by atoms with Crippen molar-refractivity contribution in [3.63, 3.8) is 0 Å². The third kappa shape index (κ3) is 3.63. The van der Waals surface area contributed by atoms with Gasteiger partial charge in [0.25, 0.3) is 17.7 Å². The van der Waals surface area contributed by atoms with Crippen LogP contribution in [0.1, 0.15) is 35.4 Å². The lowest BCUT2D eigenvalue weighted by Gasteiger charge is -2.04. The van der Waals surface area contributed by atoms with Gasteiger partial charge in [0.1, 0.15) is 5.00 Å². The van der Waals surface area contributed by atoms with E-state index in [0.717, 1.165) is 11.3 Å². The van der Waals surface area contributed by atoms with Gasteiger partial charge >= 0.3 is 0 Å². The molecule has 3 aromatic rings. The van der Waals surface area contributed by atoms with Crippen LogP contribution in [0.4, 0.5) is 10.7 Å². The van der Waals surface area contributed by atoms with Crippen molar-refractivity contribution in [2.75, 3.05) is 10.6 Å². The molecule has 3 amide bonds. The average Bonchev–Trinajstić information content (AvgIpc) is 3.24. The van der Waals surface area contributed by atoms with E-state index < -0.39 is 11.8 Å². The number of carbonyl (C=O) groups excluding carboxylic acids is 3. The number of thiazole rings is 1. The number of anilines is 2. The van der Waals surface area contributed by atoms with Crippen LogP contribution in [0.2, 0.25) is 0 Å². The minimum Gasteiger partial charge on any atom is -0.365 e. The topological polar surface area (TPSA) is 114 Å². The summed E-state index contributed by atoms with van der Waals surface area (Å²) in [4.78, 5) is 40.8. The Hall–Kier alpha value is -3.04. The number of carbonyl (C=O) groups is 3.